The zero-order valence-corrected chi connectivity index (χ0v) is 13.0. The molecule has 0 aliphatic rings. The maximum Gasteiger partial charge on any atom is 0.107 e. The third-order valence-corrected chi connectivity index (χ3v) is 3.80. The smallest absolute Gasteiger partial charge is 0.107 e. The zero-order chi connectivity index (χ0) is 13.1. The summed E-state index contributed by atoms with van der Waals surface area (Å²) in [6.45, 7) is 11.7. The van der Waals surface area contributed by atoms with Crippen molar-refractivity contribution >= 4 is 22.9 Å². The van der Waals surface area contributed by atoms with Gasteiger partial charge in [0.1, 0.15) is 5.01 Å². The van der Waals surface area contributed by atoms with Crippen LogP contribution in [0.5, 0.6) is 0 Å². The first-order chi connectivity index (χ1) is 7.74. The third kappa shape index (κ3) is 4.94. The molecule has 0 fully saturated rings. The van der Waals surface area contributed by atoms with Gasteiger partial charge >= 0.3 is 0 Å². The average Bonchev–Trinajstić information content (AvgIpc) is 2.62. The Labute approximate surface area is 114 Å². The molecule has 0 saturated carbocycles. The fourth-order valence-electron chi connectivity index (χ4n) is 1.38. The van der Waals surface area contributed by atoms with Gasteiger partial charge in [-0.05, 0) is 20.3 Å². The van der Waals surface area contributed by atoms with Crippen molar-refractivity contribution in [3.05, 3.63) is 16.1 Å². The van der Waals surface area contributed by atoms with Gasteiger partial charge in [0.05, 0.1) is 5.69 Å². The van der Waals surface area contributed by atoms with Crippen LogP contribution in [0.1, 0.15) is 51.7 Å². The molecule has 0 aromatic carbocycles. The van der Waals surface area contributed by atoms with Gasteiger partial charge in [-0.3, -0.25) is 0 Å². The quantitative estimate of drug-likeness (QED) is 0.823. The number of rotatable bonds is 5. The Bertz CT molecular complexity index is 353. The lowest BCUT2D eigenvalue weighted by atomic mass is 9.93. The van der Waals surface area contributed by atoms with Crippen LogP contribution in [0.25, 0.3) is 0 Å². The van der Waals surface area contributed by atoms with E-state index in [1.807, 2.05) is 0 Å². The van der Waals surface area contributed by atoms with Crippen molar-refractivity contribution in [3.63, 3.8) is 0 Å². The summed E-state index contributed by atoms with van der Waals surface area (Å²) in [5, 5.41) is 6.81. The van der Waals surface area contributed by atoms with Crippen molar-refractivity contribution in [2.24, 2.45) is 0 Å². The molecule has 98 valence electrons. The van der Waals surface area contributed by atoms with Gasteiger partial charge in [0.2, 0.25) is 0 Å². The molecule has 1 heterocycles. The summed E-state index contributed by atoms with van der Waals surface area (Å²) in [4.78, 5) is 4.67. The Morgan fingerprint density at radius 3 is 2.41 bits per heavy atom. The van der Waals surface area contributed by atoms with E-state index in [9.17, 15) is 0 Å². The van der Waals surface area contributed by atoms with Crippen LogP contribution in [0.15, 0.2) is 5.38 Å². The number of hydrogen-bond acceptors (Lipinski definition) is 3. The molecule has 0 unspecified atom stereocenters. The fourth-order valence-corrected chi connectivity index (χ4v) is 2.81. The monoisotopic (exact) mass is 274 g/mol. The van der Waals surface area contributed by atoms with Gasteiger partial charge in [0, 0.05) is 28.8 Å². The number of alkyl halides is 1. The van der Waals surface area contributed by atoms with Crippen LogP contribution >= 0.6 is 22.9 Å². The summed E-state index contributed by atoms with van der Waals surface area (Å²) < 4.78 is 0. The highest BCUT2D eigenvalue weighted by Gasteiger charge is 2.19. The maximum atomic E-state index is 5.78. The normalized spacial score (nSPS) is 13.1. The minimum absolute atomic E-state index is 0.0787. The first-order valence-corrected chi connectivity index (χ1v) is 7.42. The summed E-state index contributed by atoms with van der Waals surface area (Å²) in [5.41, 5.74) is 1.39. The van der Waals surface area contributed by atoms with E-state index >= 15 is 0 Å². The second-order valence-electron chi connectivity index (χ2n) is 6.05. The molecule has 1 rings (SSSR count). The minimum Gasteiger partial charge on any atom is -0.305 e. The van der Waals surface area contributed by atoms with Crippen LogP contribution in [0.4, 0.5) is 0 Å². The number of nitrogens with one attached hydrogen (secondary N) is 1. The van der Waals surface area contributed by atoms with Gasteiger partial charge in [-0.15, -0.1) is 22.9 Å². The van der Waals surface area contributed by atoms with E-state index in [4.69, 9.17) is 11.6 Å². The summed E-state index contributed by atoms with van der Waals surface area (Å²) in [7, 11) is 0. The van der Waals surface area contributed by atoms with Gasteiger partial charge < -0.3 is 5.32 Å². The Morgan fingerprint density at radius 1 is 1.29 bits per heavy atom. The number of thiazole rings is 1. The number of nitrogens with zero attached hydrogens (tertiary/aromatic N) is 1. The minimum atomic E-state index is 0.0787. The molecule has 0 spiro atoms. The Hall–Kier alpha value is -0.120. The van der Waals surface area contributed by atoms with Crippen LogP contribution < -0.4 is 5.32 Å². The molecule has 0 bridgehead atoms. The molecule has 0 atom stereocenters. The van der Waals surface area contributed by atoms with Crippen LogP contribution in [0, 0.1) is 0 Å². The van der Waals surface area contributed by atoms with Crippen LogP contribution in [-0.4, -0.2) is 16.4 Å². The lowest BCUT2D eigenvalue weighted by Crippen LogP contribution is -2.39. The summed E-state index contributed by atoms with van der Waals surface area (Å²) >= 11 is 7.51. The second kappa shape index (κ2) is 5.68. The molecule has 0 aliphatic heterocycles. The predicted molar refractivity (Wildman–Crippen MR) is 77.1 cm³/mol. The van der Waals surface area contributed by atoms with Gasteiger partial charge in [-0.25, -0.2) is 4.98 Å². The number of hydrogen-bond donors (Lipinski definition) is 1. The van der Waals surface area contributed by atoms with Crippen LogP contribution in [0.3, 0.4) is 0 Å². The van der Waals surface area contributed by atoms with Gasteiger partial charge in [-0.2, -0.15) is 0 Å². The number of halogens is 1. The highest BCUT2D eigenvalue weighted by Crippen LogP contribution is 2.24. The summed E-state index contributed by atoms with van der Waals surface area (Å²) in [6.07, 6.45) is 0.964. The molecule has 1 N–H and O–H groups in total. The summed E-state index contributed by atoms with van der Waals surface area (Å²) in [6, 6.07) is 0. The van der Waals surface area contributed by atoms with E-state index in [0.29, 0.717) is 5.88 Å². The first kappa shape index (κ1) is 14.9. The van der Waals surface area contributed by atoms with Crippen molar-refractivity contribution < 1.29 is 0 Å². The second-order valence-corrected chi connectivity index (χ2v) is 7.37. The lowest BCUT2D eigenvalue weighted by Gasteiger charge is -2.24. The van der Waals surface area contributed by atoms with E-state index in [1.165, 1.54) is 5.69 Å². The Kier molecular flexibility index (Phi) is 4.99. The third-order valence-electron chi connectivity index (χ3n) is 2.76. The molecule has 2 nitrogen and oxygen atoms in total. The first-order valence-electron chi connectivity index (χ1n) is 6.00. The van der Waals surface area contributed by atoms with E-state index in [-0.39, 0.29) is 11.0 Å². The molecule has 0 radical (unpaired) electrons. The van der Waals surface area contributed by atoms with Crippen molar-refractivity contribution in [2.45, 2.75) is 58.5 Å². The largest absolute Gasteiger partial charge is 0.305 e. The Morgan fingerprint density at radius 2 is 1.94 bits per heavy atom. The maximum absolute atomic E-state index is 5.78. The molecular formula is C13H23ClN2S. The van der Waals surface area contributed by atoms with Crippen molar-refractivity contribution in [3.8, 4) is 0 Å². The SMILES string of the molecule is CC(C)(CCCl)NCc1nc(C(C)(C)C)cs1. The highest BCUT2D eigenvalue weighted by atomic mass is 35.5. The lowest BCUT2D eigenvalue weighted by molar-refractivity contribution is 0.375. The molecule has 1 aromatic heterocycles. The highest BCUT2D eigenvalue weighted by molar-refractivity contribution is 7.09. The average molecular weight is 275 g/mol. The van der Waals surface area contributed by atoms with Gasteiger partial charge in [0.25, 0.3) is 0 Å². The van der Waals surface area contributed by atoms with E-state index in [2.05, 4.69) is 50.3 Å². The molecule has 17 heavy (non-hydrogen) atoms. The molecule has 0 amide bonds. The van der Waals surface area contributed by atoms with E-state index < -0.39 is 0 Å². The van der Waals surface area contributed by atoms with Crippen LogP contribution in [-0.2, 0) is 12.0 Å². The molecule has 4 heteroatoms. The predicted octanol–water partition coefficient (Wildman–Crippen LogP) is 3.94. The van der Waals surface area contributed by atoms with E-state index in [0.717, 1.165) is 18.0 Å². The van der Waals surface area contributed by atoms with Crippen molar-refractivity contribution in [1.82, 2.24) is 10.3 Å². The standard InChI is InChI=1S/C13H23ClN2S/c1-12(2,3)10-9-17-11(16-10)8-15-13(4,5)6-7-14/h9,15H,6-8H2,1-5H3. The molecular weight excluding hydrogens is 252 g/mol. The molecule has 1 aromatic rings. The Balaban J connectivity index is 2.56. The zero-order valence-electron chi connectivity index (χ0n) is 11.4. The van der Waals surface area contributed by atoms with Crippen molar-refractivity contribution in [1.29, 1.82) is 0 Å². The fraction of sp³-hybridized carbons (Fsp3) is 0.769. The molecule has 0 saturated heterocycles. The van der Waals surface area contributed by atoms with Gasteiger partial charge in [0.15, 0.2) is 0 Å². The van der Waals surface area contributed by atoms with E-state index in [1.54, 1.807) is 11.3 Å². The topological polar surface area (TPSA) is 24.9 Å². The van der Waals surface area contributed by atoms with Crippen LogP contribution in [0.2, 0.25) is 0 Å². The summed E-state index contributed by atoms with van der Waals surface area (Å²) in [5.74, 6) is 0.686. The van der Waals surface area contributed by atoms with Gasteiger partial charge in [-0.1, -0.05) is 20.8 Å². The molecule has 0 aliphatic carbocycles. The number of aromatic nitrogens is 1. The van der Waals surface area contributed by atoms with Crippen molar-refractivity contribution in [2.75, 3.05) is 5.88 Å².